The molecule has 0 saturated heterocycles. The average Bonchev–Trinajstić information content (AvgIpc) is 2.86. The molecule has 2 aromatic rings. The van der Waals surface area contributed by atoms with E-state index in [2.05, 4.69) is 46.8 Å². The first-order chi connectivity index (χ1) is 9.24. The van der Waals surface area contributed by atoms with Gasteiger partial charge in [0.2, 0.25) is 0 Å². The van der Waals surface area contributed by atoms with E-state index >= 15 is 0 Å². The van der Waals surface area contributed by atoms with E-state index in [1.807, 2.05) is 7.05 Å². The normalized spacial score (nSPS) is 12.6. The molecule has 102 valence electrons. The van der Waals surface area contributed by atoms with Crippen LogP contribution in [0.4, 0.5) is 0 Å². The van der Waals surface area contributed by atoms with Gasteiger partial charge in [0.25, 0.3) is 0 Å². The van der Waals surface area contributed by atoms with Crippen LogP contribution in [-0.2, 0) is 20.0 Å². The first-order valence-electron chi connectivity index (χ1n) is 6.51. The Kier molecular flexibility index (Phi) is 4.65. The zero-order valence-corrected chi connectivity index (χ0v) is 11.4. The molecule has 0 aliphatic rings. The van der Waals surface area contributed by atoms with Crippen LogP contribution in [0.1, 0.15) is 29.8 Å². The molecule has 2 rings (SSSR count). The highest BCUT2D eigenvalue weighted by molar-refractivity contribution is 5.25. The number of nitrogens with one attached hydrogen (secondary N) is 1. The first kappa shape index (κ1) is 13.7. The van der Waals surface area contributed by atoms with Gasteiger partial charge in [-0.25, -0.2) is 0 Å². The van der Waals surface area contributed by atoms with Crippen molar-refractivity contribution in [3.8, 4) is 0 Å². The number of aromatic nitrogens is 3. The molecule has 19 heavy (non-hydrogen) atoms. The highest BCUT2D eigenvalue weighted by atomic mass is 16.3. The van der Waals surface area contributed by atoms with Gasteiger partial charge in [0.15, 0.2) is 0 Å². The van der Waals surface area contributed by atoms with Crippen molar-refractivity contribution in [2.75, 3.05) is 6.61 Å². The second-order valence-electron chi connectivity index (χ2n) is 4.56. The van der Waals surface area contributed by atoms with Gasteiger partial charge in [-0.05, 0) is 17.5 Å². The van der Waals surface area contributed by atoms with Gasteiger partial charge < -0.3 is 10.4 Å². The minimum absolute atomic E-state index is 0.0662. The van der Waals surface area contributed by atoms with Gasteiger partial charge in [-0.2, -0.15) is 0 Å². The van der Waals surface area contributed by atoms with Crippen LogP contribution >= 0.6 is 0 Å². The molecule has 1 atom stereocenters. The predicted molar refractivity (Wildman–Crippen MR) is 73.5 cm³/mol. The SMILES string of the molecule is CCc1ccc(C(CO)NCc2cnnn2C)cc1. The Morgan fingerprint density at radius 2 is 2.05 bits per heavy atom. The molecule has 1 aromatic heterocycles. The molecule has 1 unspecified atom stereocenters. The summed E-state index contributed by atoms with van der Waals surface area (Å²) < 4.78 is 1.72. The smallest absolute Gasteiger partial charge is 0.0738 e. The molecule has 0 spiro atoms. The molecule has 0 aliphatic carbocycles. The van der Waals surface area contributed by atoms with E-state index in [1.54, 1.807) is 10.9 Å². The predicted octanol–water partition coefficient (Wildman–Crippen LogP) is 1.20. The Balaban J connectivity index is 2.01. The molecule has 1 aromatic carbocycles. The fourth-order valence-electron chi connectivity index (χ4n) is 1.97. The van der Waals surface area contributed by atoms with E-state index in [0.29, 0.717) is 6.54 Å². The van der Waals surface area contributed by atoms with Gasteiger partial charge in [0, 0.05) is 13.6 Å². The summed E-state index contributed by atoms with van der Waals surface area (Å²) in [4.78, 5) is 0. The molecular formula is C14H20N4O. The van der Waals surface area contributed by atoms with E-state index < -0.39 is 0 Å². The maximum Gasteiger partial charge on any atom is 0.0738 e. The van der Waals surface area contributed by atoms with Crippen LogP contribution < -0.4 is 5.32 Å². The number of aliphatic hydroxyl groups is 1. The third kappa shape index (κ3) is 3.39. The number of benzene rings is 1. The first-order valence-corrected chi connectivity index (χ1v) is 6.51. The van der Waals surface area contributed by atoms with E-state index in [1.165, 1.54) is 5.56 Å². The zero-order valence-electron chi connectivity index (χ0n) is 11.4. The molecule has 0 amide bonds. The van der Waals surface area contributed by atoms with Crippen molar-refractivity contribution in [1.82, 2.24) is 20.3 Å². The summed E-state index contributed by atoms with van der Waals surface area (Å²) >= 11 is 0. The third-order valence-electron chi connectivity index (χ3n) is 3.31. The van der Waals surface area contributed by atoms with Crippen LogP contribution in [0.3, 0.4) is 0 Å². The van der Waals surface area contributed by atoms with Gasteiger partial charge in [0.1, 0.15) is 0 Å². The highest BCUT2D eigenvalue weighted by Gasteiger charge is 2.10. The van der Waals surface area contributed by atoms with E-state index in [9.17, 15) is 5.11 Å². The Morgan fingerprint density at radius 1 is 1.32 bits per heavy atom. The summed E-state index contributed by atoms with van der Waals surface area (Å²) in [6, 6.07) is 8.26. The van der Waals surface area contributed by atoms with Crippen molar-refractivity contribution in [3.05, 3.63) is 47.3 Å². The lowest BCUT2D eigenvalue weighted by molar-refractivity contribution is 0.243. The molecule has 0 bridgehead atoms. The number of rotatable bonds is 6. The van der Waals surface area contributed by atoms with Crippen LogP contribution in [0.2, 0.25) is 0 Å². The van der Waals surface area contributed by atoms with Gasteiger partial charge in [0.05, 0.1) is 24.5 Å². The summed E-state index contributed by atoms with van der Waals surface area (Å²) in [6.07, 6.45) is 2.75. The summed E-state index contributed by atoms with van der Waals surface area (Å²) in [5.41, 5.74) is 3.38. The van der Waals surface area contributed by atoms with Crippen molar-refractivity contribution >= 4 is 0 Å². The van der Waals surface area contributed by atoms with Gasteiger partial charge >= 0.3 is 0 Å². The van der Waals surface area contributed by atoms with E-state index in [4.69, 9.17) is 0 Å². The summed E-state index contributed by atoms with van der Waals surface area (Å²) in [5.74, 6) is 0. The Bertz CT molecular complexity index is 506. The van der Waals surface area contributed by atoms with Crippen LogP contribution in [0, 0.1) is 0 Å². The van der Waals surface area contributed by atoms with Gasteiger partial charge in [-0.15, -0.1) is 5.10 Å². The van der Waals surface area contributed by atoms with Crippen molar-refractivity contribution in [2.45, 2.75) is 25.9 Å². The fraction of sp³-hybridized carbons (Fsp3) is 0.429. The lowest BCUT2D eigenvalue weighted by Gasteiger charge is -2.17. The molecule has 0 saturated carbocycles. The number of nitrogens with zero attached hydrogens (tertiary/aromatic N) is 3. The Morgan fingerprint density at radius 3 is 2.58 bits per heavy atom. The summed E-state index contributed by atoms with van der Waals surface area (Å²) in [6.45, 7) is 2.83. The van der Waals surface area contributed by atoms with Crippen LogP contribution in [0.5, 0.6) is 0 Å². The van der Waals surface area contributed by atoms with Gasteiger partial charge in [-0.1, -0.05) is 36.4 Å². The molecule has 1 heterocycles. The fourth-order valence-corrected chi connectivity index (χ4v) is 1.97. The van der Waals surface area contributed by atoms with Crippen LogP contribution in [-0.4, -0.2) is 26.7 Å². The number of hydrogen-bond acceptors (Lipinski definition) is 4. The largest absolute Gasteiger partial charge is 0.394 e. The highest BCUT2D eigenvalue weighted by Crippen LogP contribution is 2.14. The van der Waals surface area contributed by atoms with Crippen LogP contribution in [0.25, 0.3) is 0 Å². The third-order valence-corrected chi connectivity index (χ3v) is 3.31. The topological polar surface area (TPSA) is 63.0 Å². The number of aryl methyl sites for hydroxylation is 2. The molecular weight excluding hydrogens is 240 g/mol. The summed E-state index contributed by atoms with van der Waals surface area (Å²) in [7, 11) is 1.86. The minimum atomic E-state index is -0.0687. The van der Waals surface area contributed by atoms with E-state index in [0.717, 1.165) is 17.7 Å². The number of hydrogen-bond donors (Lipinski definition) is 2. The molecule has 5 nitrogen and oxygen atoms in total. The second kappa shape index (κ2) is 6.45. The second-order valence-corrected chi connectivity index (χ2v) is 4.56. The Labute approximate surface area is 113 Å². The van der Waals surface area contributed by atoms with Gasteiger partial charge in [-0.3, -0.25) is 4.68 Å². The zero-order chi connectivity index (χ0) is 13.7. The molecule has 0 aliphatic heterocycles. The lowest BCUT2D eigenvalue weighted by Crippen LogP contribution is -2.25. The monoisotopic (exact) mass is 260 g/mol. The number of aliphatic hydroxyl groups excluding tert-OH is 1. The van der Waals surface area contributed by atoms with Crippen molar-refractivity contribution in [2.24, 2.45) is 7.05 Å². The van der Waals surface area contributed by atoms with E-state index in [-0.39, 0.29) is 12.6 Å². The average molecular weight is 260 g/mol. The maximum atomic E-state index is 9.50. The molecule has 0 fully saturated rings. The Hall–Kier alpha value is -1.72. The van der Waals surface area contributed by atoms with Crippen molar-refractivity contribution in [1.29, 1.82) is 0 Å². The minimum Gasteiger partial charge on any atom is -0.394 e. The lowest BCUT2D eigenvalue weighted by atomic mass is 10.0. The van der Waals surface area contributed by atoms with Crippen molar-refractivity contribution in [3.63, 3.8) is 0 Å². The quantitative estimate of drug-likeness (QED) is 0.819. The molecule has 5 heteroatoms. The molecule has 2 N–H and O–H groups in total. The maximum absolute atomic E-state index is 9.50. The summed E-state index contributed by atoms with van der Waals surface area (Å²) in [5, 5.41) is 20.5. The van der Waals surface area contributed by atoms with Crippen LogP contribution in [0.15, 0.2) is 30.5 Å². The molecule has 0 radical (unpaired) electrons. The van der Waals surface area contributed by atoms with Crippen molar-refractivity contribution < 1.29 is 5.11 Å². The standard InChI is InChI=1S/C14H20N4O/c1-3-11-4-6-12(7-5-11)14(10-19)15-8-13-9-16-17-18(13)2/h4-7,9,14-15,19H,3,8,10H2,1-2H3.